The lowest BCUT2D eigenvalue weighted by atomic mass is 10.1. The van der Waals surface area contributed by atoms with Crippen LogP contribution in [0.4, 0.5) is 35.1 Å². The molecule has 0 N–H and O–H groups in total. The Bertz CT molecular complexity index is 2710. The lowest BCUT2D eigenvalue weighted by molar-refractivity contribution is -0.275. The Hall–Kier alpha value is -7.40. The Morgan fingerprint density at radius 3 is 0.933 bits per heavy atom. The Kier molecular flexibility index (Phi) is 14.1. The van der Waals surface area contributed by atoms with Gasteiger partial charge in [0.05, 0.1) is 0 Å². The van der Waals surface area contributed by atoms with Crippen LogP contribution < -0.4 is 9.47 Å². The van der Waals surface area contributed by atoms with Crippen LogP contribution in [-0.4, -0.2) is 12.7 Å². The maximum atomic E-state index is 13.6. The normalized spacial score (nSPS) is 10.5. The lowest BCUT2D eigenvalue weighted by Gasteiger charge is -2.11. The molecule has 0 bridgehead atoms. The predicted octanol–water partition coefficient (Wildman–Crippen LogP) is 12.3. The van der Waals surface area contributed by atoms with Crippen LogP contribution in [0.25, 0.3) is 0 Å². The number of aryl methyl sites for hydroxylation is 3. The standard InChI is InChI=1S/C25H15F5O.C25H17F3O/c1-16-3-4-20(15-24(16)31-25(28,29)30)11-9-18-5-7-19(8-6-18)10-12-21-13-22(26)17(2)23(27)14-21;1-18-3-6-20(7-4-18)9-10-21-11-13-22(14-12-21)15-16-23-8-5-19(2)24(17-23)29-25(26,27)28/h3-8,13-15H,1-2H3;3-8,11-14,17H,1-2H3. The van der Waals surface area contributed by atoms with E-state index < -0.39 is 24.4 Å². The molecule has 300 valence electrons. The summed E-state index contributed by atoms with van der Waals surface area (Å²) in [6, 6.07) is 33.3. The van der Waals surface area contributed by atoms with Gasteiger partial charge in [-0.3, -0.25) is 0 Å². The van der Waals surface area contributed by atoms with E-state index in [0.717, 1.165) is 16.7 Å². The van der Waals surface area contributed by atoms with Gasteiger partial charge >= 0.3 is 12.7 Å². The quantitative estimate of drug-likeness (QED) is 0.128. The number of benzene rings is 6. The molecule has 0 heterocycles. The van der Waals surface area contributed by atoms with Gasteiger partial charge < -0.3 is 9.47 Å². The molecule has 10 heteroatoms. The fraction of sp³-hybridized carbons (Fsp3) is 0.120. The van der Waals surface area contributed by atoms with Crippen molar-refractivity contribution in [1.82, 2.24) is 0 Å². The summed E-state index contributed by atoms with van der Waals surface area (Å²) in [5, 5.41) is 0. The Morgan fingerprint density at radius 1 is 0.350 bits per heavy atom. The second-order valence-corrected chi connectivity index (χ2v) is 13.1. The summed E-state index contributed by atoms with van der Waals surface area (Å²) in [5.41, 5.74) is 6.68. The Balaban J connectivity index is 0.000000228. The smallest absolute Gasteiger partial charge is 0.405 e. The van der Waals surface area contributed by atoms with Crippen molar-refractivity contribution >= 4 is 0 Å². The van der Waals surface area contributed by atoms with E-state index in [2.05, 4.69) is 56.8 Å². The van der Waals surface area contributed by atoms with Crippen molar-refractivity contribution in [2.75, 3.05) is 0 Å². The van der Waals surface area contributed by atoms with Gasteiger partial charge in [-0.25, -0.2) is 8.78 Å². The molecule has 0 aliphatic carbocycles. The van der Waals surface area contributed by atoms with Crippen LogP contribution in [0.1, 0.15) is 66.8 Å². The topological polar surface area (TPSA) is 18.5 Å². The third kappa shape index (κ3) is 13.9. The van der Waals surface area contributed by atoms with Crippen LogP contribution in [0.3, 0.4) is 0 Å². The monoisotopic (exact) mass is 816 g/mol. The number of alkyl halides is 6. The van der Waals surface area contributed by atoms with Crippen molar-refractivity contribution in [3.8, 4) is 58.9 Å². The van der Waals surface area contributed by atoms with E-state index in [1.54, 1.807) is 49.4 Å². The molecule has 6 rings (SSSR count). The zero-order valence-corrected chi connectivity index (χ0v) is 32.4. The summed E-state index contributed by atoms with van der Waals surface area (Å²) in [5.74, 6) is 21.3. The van der Waals surface area contributed by atoms with Crippen LogP contribution in [0.15, 0.2) is 121 Å². The third-order valence-electron chi connectivity index (χ3n) is 8.33. The predicted molar refractivity (Wildman–Crippen MR) is 215 cm³/mol. The second-order valence-electron chi connectivity index (χ2n) is 13.1. The molecule has 0 aliphatic heterocycles. The number of hydrogen-bond donors (Lipinski definition) is 0. The van der Waals surface area contributed by atoms with Crippen molar-refractivity contribution in [3.05, 3.63) is 200 Å². The van der Waals surface area contributed by atoms with Crippen LogP contribution >= 0.6 is 0 Å². The first-order valence-electron chi connectivity index (χ1n) is 17.9. The van der Waals surface area contributed by atoms with Crippen molar-refractivity contribution in [3.63, 3.8) is 0 Å². The molecule has 0 aromatic heterocycles. The van der Waals surface area contributed by atoms with Crippen LogP contribution in [0.5, 0.6) is 11.5 Å². The molecule has 0 fully saturated rings. The summed E-state index contributed by atoms with van der Waals surface area (Å²) in [4.78, 5) is 0. The highest BCUT2D eigenvalue weighted by atomic mass is 19.4. The first-order valence-corrected chi connectivity index (χ1v) is 17.9. The zero-order valence-electron chi connectivity index (χ0n) is 32.4. The molecular weight excluding hydrogens is 785 g/mol. The van der Waals surface area contributed by atoms with E-state index in [9.17, 15) is 35.1 Å². The molecular formula is C50H32F8O2. The molecule has 60 heavy (non-hydrogen) atoms. The van der Waals surface area contributed by atoms with Crippen LogP contribution in [-0.2, 0) is 0 Å². The third-order valence-corrected chi connectivity index (χ3v) is 8.33. The molecule has 6 aromatic rings. The van der Waals surface area contributed by atoms with Gasteiger partial charge in [-0.15, -0.1) is 26.3 Å². The number of halogens is 8. The van der Waals surface area contributed by atoms with E-state index >= 15 is 0 Å². The minimum atomic E-state index is -4.77. The molecule has 0 amide bonds. The molecule has 0 atom stereocenters. The van der Waals surface area contributed by atoms with Gasteiger partial charge in [-0.1, -0.05) is 77.2 Å². The lowest BCUT2D eigenvalue weighted by Crippen LogP contribution is -2.17. The minimum absolute atomic E-state index is 0.0563. The maximum absolute atomic E-state index is 13.6. The van der Waals surface area contributed by atoms with E-state index in [4.69, 9.17) is 0 Å². The molecule has 0 unspecified atom stereocenters. The summed E-state index contributed by atoms with van der Waals surface area (Å²) in [6.45, 7) is 6.44. The van der Waals surface area contributed by atoms with Gasteiger partial charge in [0.1, 0.15) is 23.1 Å². The van der Waals surface area contributed by atoms with Gasteiger partial charge in [0, 0.05) is 50.1 Å². The van der Waals surface area contributed by atoms with Gasteiger partial charge in [0.2, 0.25) is 0 Å². The summed E-state index contributed by atoms with van der Waals surface area (Å²) < 4.78 is 110. The summed E-state index contributed by atoms with van der Waals surface area (Å²) in [7, 11) is 0. The average Bonchev–Trinajstić information content (AvgIpc) is 3.19. The number of rotatable bonds is 2. The van der Waals surface area contributed by atoms with Crippen LogP contribution in [0, 0.1) is 86.7 Å². The molecule has 6 aromatic carbocycles. The first-order chi connectivity index (χ1) is 28.4. The SMILES string of the molecule is Cc1ccc(C#Cc2ccc(C#Cc3cc(F)c(C)c(F)c3)cc2)cc1OC(F)(F)F.Cc1ccc(C#Cc2ccc(C#Cc3ccc(C)c(OC(F)(F)F)c3)cc2)cc1. The van der Waals surface area contributed by atoms with E-state index in [1.807, 2.05) is 55.5 Å². The van der Waals surface area contributed by atoms with Crippen molar-refractivity contribution in [1.29, 1.82) is 0 Å². The van der Waals surface area contributed by atoms with Crippen molar-refractivity contribution in [2.24, 2.45) is 0 Å². The average molecular weight is 817 g/mol. The molecule has 0 saturated heterocycles. The Morgan fingerprint density at radius 2 is 0.617 bits per heavy atom. The first kappa shape index (κ1) is 43.7. The van der Waals surface area contributed by atoms with Gasteiger partial charge in [-0.05, 0) is 136 Å². The van der Waals surface area contributed by atoms with E-state index in [0.29, 0.717) is 33.4 Å². The molecule has 2 nitrogen and oxygen atoms in total. The van der Waals surface area contributed by atoms with Gasteiger partial charge in [0.15, 0.2) is 0 Å². The van der Waals surface area contributed by atoms with Gasteiger partial charge in [0.25, 0.3) is 0 Å². The molecule has 0 aliphatic rings. The highest BCUT2D eigenvalue weighted by Gasteiger charge is 2.32. The fourth-order valence-electron chi connectivity index (χ4n) is 5.03. The summed E-state index contributed by atoms with van der Waals surface area (Å²) in [6.07, 6.45) is -9.50. The van der Waals surface area contributed by atoms with Crippen LogP contribution in [0.2, 0.25) is 0 Å². The summed E-state index contributed by atoms with van der Waals surface area (Å²) >= 11 is 0. The Labute approximate surface area is 342 Å². The highest BCUT2D eigenvalue weighted by molar-refractivity contribution is 5.52. The minimum Gasteiger partial charge on any atom is -0.405 e. The zero-order chi connectivity index (χ0) is 43.5. The second kappa shape index (κ2) is 19.4. The molecule has 0 radical (unpaired) electrons. The fourth-order valence-corrected chi connectivity index (χ4v) is 5.03. The van der Waals surface area contributed by atoms with Crippen molar-refractivity contribution in [2.45, 2.75) is 40.4 Å². The van der Waals surface area contributed by atoms with Crippen molar-refractivity contribution < 1.29 is 44.6 Å². The van der Waals surface area contributed by atoms with E-state index in [1.165, 1.54) is 49.7 Å². The molecule has 0 saturated carbocycles. The number of hydrogen-bond acceptors (Lipinski definition) is 2. The largest absolute Gasteiger partial charge is 0.573 e. The molecule has 0 spiro atoms. The number of ether oxygens (including phenoxy) is 2. The van der Waals surface area contributed by atoms with E-state index in [-0.39, 0.29) is 22.6 Å². The van der Waals surface area contributed by atoms with Gasteiger partial charge in [-0.2, -0.15) is 0 Å². The maximum Gasteiger partial charge on any atom is 0.573 e. The highest BCUT2D eigenvalue weighted by Crippen LogP contribution is 2.28.